The van der Waals surface area contributed by atoms with Gasteiger partial charge >= 0.3 is 0 Å². The zero-order valence-electron chi connectivity index (χ0n) is 6.57. The van der Waals surface area contributed by atoms with E-state index in [9.17, 15) is 0 Å². The third-order valence-electron chi connectivity index (χ3n) is 1.34. The third kappa shape index (κ3) is 3.10. The number of nitrogens with two attached hydrogens (primary N) is 1. The van der Waals surface area contributed by atoms with Crippen molar-refractivity contribution in [1.29, 1.82) is 0 Å². The largest absolute Gasteiger partial charge is 0.326 e. The first-order valence-electron chi connectivity index (χ1n) is 2.93. The lowest BCUT2D eigenvalue weighted by atomic mass is 10.3. The highest BCUT2D eigenvalue weighted by atomic mass is 35.5. The predicted molar refractivity (Wildman–Crippen MR) is 50.3 cm³/mol. The van der Waals surface area contributed by atoms with Gasteiger partial charge in [-0.25, -0.2) is 0 Å². The van der Waals surface area contributed by atoms with Crippen LogP contribution in [-0.4, -0.2) is 9.78 Å². The Bertz CT molecular complexity index is 210. The lowest BCUT2D eigenvalue weighted by Gasteiger charge is -1.85. The van der Waals surface area contributed by atoms with Crippen LogP contribution in [0.2, 0.25) is 0 Å². The lowest BCUT2D eigenvalue weighted by Crippen LogP contribution is -1.95. The first-order valence-corrected chi connectivity index (χ1v) is 2.93. The summed E-state index contributed by atoms with van der Waals surface area (Å²) in [4.78, 5) is 0. The van der Waals surface area contributed by atoms with Crippen molar-refractivity contribution in [2.45, 2.75) is 13.5 Å². The monoisotopic (exact) mass is 197 g/mol. The quantitative estimate of drug-likeness (QED) is 0.732. The molecule has 0 aliphatic carbocycles. The Morgan fingerprint density at radius 1 is 1.55 bits per heavy atom. The Morgan fingerprint density at radius 2 is 2.09 bits per heavy atom. The molecule has 0 aliphatic heterocycles. The summed E-state index contributed by atoms with van der Waals surface area (Å²) in [6.45, 7) is 2.54. The summed E-state index contributed by atoms with van der Waals surface area (Å²) < 4.78 is 1.78. The maximum atomic E-state index is 5.41. The van der Waals surface area contributed by atoms with E-state index in [4.69, 9.17) is 5.73 Å². The normalized spacial score (nSPS) is 8.27. The van der Waals surface area contributed by atoms with Crippen LogP contribution in [0.3, 0.4) is 0 Å². The summed E-state index contributed by atoms with van der Waals surface area (Å²) in [6.07, 6.45) is 1.94. The molecule has 1 aromatic heterocycles. The minimum atomic E-state index is 0. The molecule has 0 bridgehead atoms. The molecule has 0 saturated heterocycles. The fourth-order valence-electron chi connectivity index (χ4n) is 0.849. The highest BCUT2D eigenvalue weighted by molar-refractivity contribution is 5.85. The first kappa shape index (κ1) is 13.3. The lowest BCUT2D eigenvalue weighted by molar-refractivity contribution is 0.756. The van der Waals surface area contributed by atoms with Crippen LogP contribution in [0.15, 0.2) is 6.20 Å². The fourth-order valence-corrected chi connectivity index (χ4v) is 0.849. The summed E-state index contributed by atoms with van der Waals surface area (Å²) in [5, 5.41) is 4.12. The van der Waals surface area contributed by atoms with Crippen LogP contribution in [0, 0.1) is 6.92 Å². The molecule has 0 aromatic carbocycles. The van der Waals surface area contributed by atoms with Gasteiger partial charge < -0.3 is 5.73 Å². The van der Waals surface area contributed by atoms with E-state index in [1.54, 1.807) is 4.68 Å². The van der Waals surface area contributed by atoms with E-state index < -0.39 is 0 Å². The van der Waals surface area contributed by atoms with Gasteiger partial charge in [-0.15, -0.1) is 24.8 Å². The van der Waals surface area contributed by atoms with Gasteiger partial charge in [0.15, 0.2) is 0 Å². The van der Waals surface area contributed by atoms with Crippen molar-refractivity contribution >= 4 is 24.8 Å². The smallest absolute Gasteiger partial charge is 0.0638 e. The van der Waals surface area contributed by atoms with Gasteiger partial charge in [-0.05, 0) is 6.92 Å². The Balaban J connectivity index is 0. The molecular weight excluding hydrogens is 185 g/mol. The molecule has 0 saturated carbocycles. The van der Waals surface area contributed by atoms with Gasteiger partial charge in [0.1, 0.15) is 0 Å². The van der Waals surface area contributed by atoms with Gasteiger partial charge in [0.05, 0.1) is 5.69 Å². The molecule has 0 amide bonds. The average Bonchev–Trinajstić information content (AvgIpc) is 2.10. The van der Waals surface area contributed by atoms with E-state index in [2.05, 4.69) is 5.10 Å². The zero-order chi connectivity index (χ0) is 6.85. The van der Waals surface area contributed by atoms with Gasteiger partial charge in [-0.2, -0.15) is 5.10 Å². The highest BCUT2D eigenvalue weighted by Crippen LogP contribution is 2.01. The molecule has 3 nitrogen and oxygen atoms in total. The van der Waals surface area contributed by atoms with E-state index in [1.807, 2.05) is 20.2 Å². The number of halogens is 2. The molecule has 1 rings (SSSR count). The Morgan fingerprint density at radius 3 is 2.27 bits per heavy atom. The van der Waals surface area contributed by atoms with Crippen LogP contribution < -0.4 is 5.73 Å². The molecule has 2 N–H and O–H groups in total. The number of aromatic nitrogens is 2. The summed E-state index contributed by atoms with van der Waals surface area (Å²) in [5.41, 5.74) is 7.56. The minimum absolute atomic E-state index is 0. The summed E-state index contributed by atoms with van der Waals surface area (Å²) in [7, 11) is 1.90. The van der Waals surface area contributed by atoms with Crippen LogP contribution in [0.5, 0.6) is 0 Å². The second-order valence-electron chi connectivity index (χ2n) is 2.12. The number of nitrogens with zero attached hydrogens (tertiary/aromatic N) is 2. The second kappa shape index (κ2) is 5.41. The molecule has 0 fully saturated rings. The van der Waals surface area contributed by atoms with E-state index in [0.717, 1.165) is 11.3 Å². The number of hydrogen-bond donors (Lipinski definition) is 1. The van der Waals surface area contributed by atoms with E-state index >= 15 is 0 Å². The molecule has 5 heteroatoms. The zero-order valence-corrected chi connectivity index (χ0v) is 8.21. The van der Waals surface area contributed by atoms with Crippen LogP contribution in [0.1, 0.15) is 11.3 Å². The number of aryl methyl sites for hydroxylation is 2. The van der Waals surface area contributed by atoms with E-state index in [1.165, 1.54) is 0 Å². The highest BCUT2D eigenvalue weighted by Gasteiger charge is 1.97. The Hall–Kier alpha value is -0.250. The summed E-state index contributed by atoms with van der Waals surface area (Å²) >= 11 is 0. The molecule has 66 valence electrons. The van der Waals surface area contributed by atoms with Gasteiger partial charge in [-0.1, -0.05) is 0 Å². The molecule has 0 radical (unpaired) electrons. The predicted octanol–water partition coefficient (Wildman–Crippen LogP) is 1.03. The van der Waals surface area contributed by atoms with Crippen LogP contribution in [0.4, 0.5) is 0 Å². The molecule has 0 atom stereocenters. The van der Waals surface area contributed by atoms with Crippen molar-refractivity contribution in [2.75, 3.05) is 0 Å². The van der Waals surface area contributed by atoms with Crippen LogP contribution in [-0.2, 0) is 13.6 Å². The van der Waals surface area contributed by atoms with Crippen molar-refractivity contribution in [3.63, 3.8) is 0 Å². The van der Waals surface area contributed by atoms with Crippen molar-refractivity contribution in [3.05, 3.63) is 17.5 Å². The SMILES string of the molecule is Cc1nn(C)cc1CN.Cl.Cl. The van der Waals surface area contributed by atoms with E-state index in [0.29, 0.717) is 6.54 Å². The molecule has 0 aliphatic rings. The average molecular weight is 198 g/mol. The van der Waals surface area contributed by atoms with Crippen molar-refractivity contribution < 1.29 is 0 Å². The fraction of sp³-hybridized carbons (Fsp3) is 0.500. The molecule has 1 heterocycles. The van der Waals surface area contributed by atoms with E-state index in [-0.39, 0.29) is 24.8 Å². The standard InChI is InChI=1S/C6H11N3.2ClH/c1-5-6(3-7)4-9(2)8-5;;/h4H,3,7H2,1-2H3;2*1H. The Kier molecular flexibility index (Phi) is 6.56. The number of hydrogen-bond acceptors (Lipinski definition) is 2. The minimum Gasteiger partial charge on any atom is -0.326 e. The van der Waals surface area contributed by atoms with Gasteiger partial charge in [0.2, 0.25) is 0 Å². The molecular formula is C6H13Cl2N3. The molecule has 0 spiro atoms. The molecule has 0 unspecified atom stereocenters. The van der Waals surface area contributed by atoms with Gasteiger partial charge in [-0.3, -0.25) is 4.68 Å². The molecule has 11 heavy (non-hydrogen) atoms. The topological polar surface area (TPSA) is 43.8 Å². The summed E-state index contributed by atoms with van der Waals surface area (Å²) in [5.74, 6) is 0. The van der Waals surface area contributed by atoms with Gasteiger partial charge in [0, 0.05) is 25.4 Å². The Labute approximate surface area is 78.8 Å². The van der Waals surface area contributed by atoms with Crippen molar-refractivity contribution in [1.82, 2.24) is 9.78 Å². The first-order chi connectivity index (χ1) is 4.24. The molecule has 1 aromatic rings. The second-order valence-corrected chi connectivity index (χ2v) is 2.12. The van der Waals surface area contributed by atoms with Crippen LogP contribution >= 0.6 is 24.8 Å². The van der Waals surface area contributed by atoms with Crippen molar-refractivity contribution in [3.8, 4) is 0 Å². The van der Waals surface area contributed by atoms with Gasteiger partial charge in [0.25, 0.3) is 0 Å². The van der Waals surface area contributed by atoms with Crippen molar-refractivity contribution in [2.24, 2.45) is 12.8 Å². The number of rotatable bonds is 1. The summed E-state index contributed by atoms with van der Waals surface area (Å²) in [6, 6.07) is 0. The maximum absolute atomic E-state index is 5.41. The maximum Gasteiger partial charge on any atom is 0.0638 e. The third-order valence-corrected chi connectivity index (χ3v) is 1.34. The van der Waals surface area contributed by atoms with Crippen LogP contribution in [0.25, 0.3) is 0 Å².